The minimum atomic E-state index is -0.155. The summed E-state index contributed by atoms with van der Waals surface area (Å²) < 4.78 is 7.27. The van der Waals surface area contributed by atoms with Crippen molar-refractivity contribution >= 4 is 24.0 Å². The lowest BCUT2D eigenvalue weighted by atomic mass is 10.1. The summed E-state index contributed by atoms with van der Waals surface area (Å²) in [4.78, 5) is 12.6. The number of aromatic nitrogens is 2. The number of amides is 1. The first-order valence-corrected chi connectivity index (χ1v) is 8.39. The number of halogens is 1. The van der Waals surface area contributed by atoms with Gasteiger partial charge in [-0.3, -0.25) is 9.48 Å². The topological polar surface area (TPSA) is 82.2 Å². The maximum Gasteiger partial charge on any atom is 0.273 e. The fourth-order valence-corrected chi connectivity index (χ4v) is 2.61. The molecular weight excluding hydrogens is 340 g/mol. The van der Waals surface area contributed by atoms with E-state index in [-0.39, 0.29) is 24.4 Å². The molecule has 0 spiro atoms. The highest BCUT2D eigenvalue weighted by atomic mass is 35.5. The molecule has 1 aromatic carbocycles. The van der Waals surface area contributed by atoms with E-state index in [4.69, 9.17) is 10.5 Å². The smallest absolute Gasteiger partial charge is 0.273 e. The lowest BCUT2D eigenvalue weighted by Gasteiger charge is -2.16. The van der Waals surface area contributed by atoms with Gasteiger partial charge in [-0.15, -0.1) is 12.4 Å². The fourth-order valence-electron chi connectivity index (χ4n) is 2.61. The predicted molar refractivity (Wildman–Crippen MR) is 103 cm³/mol. The van der Waals surface area contributed by atoms with Gasteiger partial charge in [-0.05, 0) is 50.1 Å². The zero-order valence-electron chi connectivity index (χ0n) is 15.0. The number of ether oxygens (including phenoxy) is 1. The summed E-state index contributed by atoms with van der Waals surface area (Å²) in [6.07, 6.45) is 1.87. The monoisotopic (exact) mass is 366 g/mol. The first-order valence-electron chi connectivity index (χ1n) is 8.39. The first-order chi connectivity index (χ1) is 11.6. The largest absolute Gasteiger partial charge is 0.492 e. The lowest BCUT2D eigenvalue weighted by Crippen LogP contribution is -2.20. The van der Waals surface area contributed by atoms with E-state index >= 15 is 0 Å². The van der Waals surface area contributed by atoms with E-state index < -0.39 is 0 Å². The molecule has 6 nitrogen and oxygen atoms in total. The van der Waals surface area contributed by atoms with Gasteiger partial charge in [-0.1, -0.05) is 13.8 Å². The van der Waals surface area contributed by atoms with Gasteiger partial charge in [0.2, 0.25) is 0 Å². The molecular formula is C18H27ClN4O2. The Kier molecular flexibility index (Phi) is 8.45. The zero-order valence-corrected chi connectivity index (χ0v) is 15.8. The van der Waals surface area contributed by atoms with Crippen LogP contribution in [0.1, 0.15) is 48.9 Å². The molecule has 2 aromatic rings. The molecule has 0 atom stereocenters. The van der Waals surface area contributed by atoms with Crippen molar-refractivity contribution in [2.45, 2.75) is 39.7 Å². The Morgan fingerprint density at radius 1 is 1.28 bits per heavy atom. The Labute approximate surface area is 155 Å². The van der Waals surface area contributed by atoms with Crippen molar-refractivity contribution in [2.24, 2.45) is 5.73 Å². The van der Waals surface area contributed by atoms with Crippen LogP contribution in [0.25, 0.3) is 0 Å². The number of aryl methyl sites for hydroxylation is 1. The molecule has 1 amide bonds. The van der Waals surface area contributed by atoms with Crippen LogP contribution in [-0.4, -0.2) is 28.8 Å². The van der Waals surface area contributed by atoms with Crippen LogP contribution in [0.3, 0.4) is 0 Å². The summed E-state index contributed by atoms with van der Waals surface area (Å²) in [5.41, 5.74) is 7.56. The third-order valence-corrected chi connectivity index (χ3v) is 3.88. The SMILES string of the molecule is CCC(CC)n1nc(C)cc1C(=O)Nc1ccc(OCCN)cc1.Cl. The van der Waals surface area contributed by atoms with Crippen LogP contribution >= 0.6 is 12.4 Å². The normalized spacial score (nSPS) is 10.4. The van der Waals surface area contributed by atoms with Crippen molar-refractivity contribution in [3.8, 4) is 5.75 Å². The molecule has 0 saturated carbocycles. The van der Waals surface area contributed by atoms with Crippen LogP contribution in [-0.2, 0) is 0 Å². The number of nitrogens with one attached hydrogen (secondary N) is 1. The van der Waals surface area contributed by atoms with Gasteiger partial charge in [0.05, 0.1) is 11.7 Å². The highest BCUT2D eigenvalue weighted by molar-refractivity contribution is 6.03. The number of carbonyl (C=O) groups excluding carboxylic acids is 1. The van der Waals surface area contributed by atoms with E-state index in [2.05, 4.69) is 24.3 Å². The standard InChI is InChI=1S/C18H26N4O2.ClH/c1-4-15(5-2)22-17(12-13(3)21-22)18(23)20-14-6-8-16(9-7-14)24-11-10-19;/h6-9,12,15H,4-5,10-11,19H2,1-3H3,(H,20,23);1H. The summed E-state index contributed by atoms with van der Waals surface area (Å²) >= 11 is 0. The molecule has 0 saturated heterocycles. The average molecular weight is 367 g/mol. The molecule has 0 fully saturated rings. The molecule has 0 aliphatic rings. The Balaban J connectivity index is 0.00000312. The zero-order chi connectivity index (χ0) is 17.5. The van der Waals surface area contributed by atoms with Crippen molar-refractivity contribution in [2.75, 3.05) is 18.5 Å². The van der Waals surface area contributed by atoms with Crippen molar-refractivity contribution in [1.82, 2.24) is 9.78 Å². The van der Waals surface area contributed by atoms with Gasteiger partial charge in [0, 0.05) is 12.2 Å². The lowest BCUT2D eigenvalue weighted by molar-refractivity contribution is 0.101. The van der Waals surface area contributed by atoms with Crippen molar-refractivity contribution < 1.29 is 9.53 Å². The third kappa shape index (κ3) is 5.47. The van der Waals surface area contributed by atoms with E-state index in [0.717, 1.165) is 30.0 Å². The second kappa shape index (κ2) is 10.1. The van der Waals surface area contributed by atoms with Crippen LogP contribution in [0.2, 0.25) is 0 Å². The number of benzene rings is 1. The van der Waals surface area contributed by atoms with Gasteiger partial charge in [0.25, 0.3) is 5.91 Å². The van der Waals surface area contributed by atoms with E-state index in [9.17, 15) is 4.79 Å². The molecule has 0 unspecified atom stereocenters. The molecule has 138 valence electrons. The second-order valence-corrected chi connectivity index (χ2v) is 5.70. The Bertz CT molecular complexity index is 666. The van der Waals surface area contributed by atoms with Crippen molar-refractivity contribution in [3.05, 3.63) is 41.7 Å². The number of hydrogen-bond donors (Lipinski definition) is 2. The molecule has 2 rings (SSSR count). The number of rotatable bonds is 8. The summed E-state index contributed by atoms with van der Waals surface area (Å²) in [5.74, 6) is 0.578. The Morgan fingerprint density at radius 2 is 1.92 bits per heavy atom. The highest BCUT2D eigenvalue weighted by Gasteiger charge is 2.18. The summed E-state index contributed by atoms with van der Waals surface area (Å²) in [6, 6.07) is 9.31. The van der Waals surface area contributed by atoms with E-state index in [0.29, 0.717) is 18.8 Å². The molecule has 0 bridgehead atoms. The molecule has 3 N–H and O–H groups in total. The Hall–Kier alpha value is -2.05. The highest BCUT2D eigenvalue weighted by Crippen LogP contribution is 2.20. The Morgan fingerprint density at radius 3 is 2.48 bits per heavy atom. The van der Waals surface area contributed by atoms with Gasteiger partial charge in [-0.25, -0.2) is 0 Å². The van der Waals surface area contributed by atoms with Gasteiger partial charge in [0.15, 0.2) is 0 Å². The average Bonchev–Trinajstić information content (AvgIpc) is 2.97. The van der Waals surface area contributed by atoms with Gasteiger partial charge < -0.3 is 15.8 Å². The maximum absolute atomic E-state index is 12.6. The van der Waals surface area contributed by atoms with E-state index in [1.54, 1.807) is 0 Å². The molecule has 1 aromatic heterocycles. The number of hydrogen-bond acceptors (Lipinski definition) is 4. The molecule has 25 heavy (non-hydrogen) atoms. The van der Waals surface area contributed by atoms with Crippen LogP contribution < -0.4 is 15.8 Å². The second-order valence-electron chi connectivity index (χ2n) is 5.70. The quantitative estimate of drug-likeness (QED) is 0.748. The summed E-state index contributed by atoms with van der Waals surface area (Å²) in [5, 5.41) is 7.41. The van der Waals surface area contributed by atoms with Gasteiger partial charge >= 0.3 is 0 Å². The number of nitrogens with zero attached hydrogens (tertiary/aromatic N) is 2. The number of carbonyl (C=O) groups is 1. The molecule has 0 aliphatic carbocycles. The minimum Gasteiger partial charge on any atom is -0.492 e. The van der Waals surface area contributed by atoms with Crippen LogP contribution in [0.4, 0.5) is 5.69 Å². The molecule has 1 heterocycles. The van der Waals surface area contributed by atoms with Crippen LogP contribution in [0.15, 0.2) is 30.3 Å². The summed E-state index contributed by atoms with van der Waals surface area (Å²) in [7, 11) is 0. The first kappa shape index (κ1) is 21.0. The maximum atomic E-state index is 12.6. The van der Waals surface area contributed by atoms with Crippen molar-refractivity contribution in [1.29, 1.82) is 0 Å². The van der Waals surface area contributed by atoms with Crippen molar-refractivity contribution in [3.63, 3.8) is 0 Å². The third-order valence-electron chi connectivity index (χ3n) is 3.88. The van der Waals surface area contributed by atoms with E-state index in [1.165, 1.54) is 0 Å². The van der Waals surface area contributed by atoms with Crippen LogP contribution in [0, 0.1) is 6.92 Å². The molecule has 0 radical (unpaired) electrons. The van der Waals surface area contributed by atoms with Crippen LogP contribution in [0.5, 0.6) is 5.75 Å². The minimum absolute atomic E-state index is 0. The predicted octanol–water partition coefficient (Wildman–Crippen LogP) is 3.56. The van der Waals surface area contributed by atoms with Gasteiger partial charge in [0.1, 0.15) is 18.1 Å². The summed E-state index contributed by atoms with van der Waals surface area (Å²) in [6.45, 7) is 7.05. The molecule has 7 heteroatoms. The molecule has 0 aliphatic heterocycles. The number of nitrogens with two attached hydrogens (primary N) is 1. The van der Waals surface area contributed by atoms with Gasteiger partial charge in [-0.2, -0.15) is 5.10 Å². The number of anilines is 1. The fraction of sp³-hybridized carbons (Fsp3) is 0.444. The van der Waals surface area contributed by atoms with E-state index in [1.807, 2.05) is 41.9 Å².